The predicted octanol–water partition coefficient (Wildman–Crippen LogP) is 4.95. The van der Waals surface area contributed by atoms with Crippen LogP contribution in [-0.2, 0) is 14.9 Å². The maximum atomic E-state index is 10.5. The van der Waals surface area contributed by atoms with Crippen molar-refractivity contribution < 1.29 is 17.7 Å². The lowest BCUT2D eigenvalue weighted by atomic mass is 10.2. The molecule has 0 aliphatic rings. The van der Waals surface area contributed by atoms with Gasteiger partial charge in [0.1, 0.15) is 0 Å². The fourth-order valence-electron chi connectivity index (χ4n) is 2.89. The molecule has 0 bridgehead atoms. The molecule has 1 N–H and O–H groups in total. The van der Waals surface area contributed by atoms with Gasteiger partial charge < -0.3 is 4.74 Å². The second-order valence-corrected chi connectivity index (χ2v) is 10.7. The molecule has 0 atom stereocenters. The van der Waals surface area contributed by atoms with Gasteiger partial charge in [-0.1, -0.05) is 109 Å². The molecule has 0 saturated heterocycles. The van der Waals surface area contributed by atoms with Gasteiger partial charge in [-0.2, -0.15) is 8.42 Å². The van der Waals surface area contributed by atoms with Gasteiger partial charge in [0.15, 0.2) is 0 Å². The second kappa shape index (κ2) is 13.7. The van der Waals surface area contributed by atoms with Crippen LogP contribution >= 0.6 is 7.92 Å². The summed E-state index contributed by atoms with van der Waals surface area (Å²) in [5.74, 6) is 0. The first-order chi connectivity index (χ1) is 15.9. The normalized spacial score (nSPS) is 10.5. The van der Waals surface area contributed by atoms with Gasteiger partial charge in [-0.05, 0) is 42.9 Å². The molecular weight excluding hydrogens is 451 g/mol. The van der Waals surface area contributed by atoms with Crippen molar-refractivity contribution in [3.05, 3.63) is 121 Å². The summed E-state index contributed by atoms with van der Waals surface area (Å²) in [6.07, 6.45) is 0. The minimum absolute atomic E-state index is 0.0666. The highest BCUT2D eigenvalue weighted by molar-refractivity contribution is 7.85. The smallest absolute Gasteiger partial charge is 0.294 e. The molecule has 0 unspecified atom stereocenters. The molecular formula is C27H29O4PS. The van der Waals surface area contributed by atoms with E-state index >= 15 is 0 Å². The first-order valence-electron chi connectivity index (χ1n) is 10.3. The van der Waals surface area contributed by atoms with Crippen molar-refractivity contribution >= 4 is 34.0 Å². The summed E-state index contributed by atoms with van der Waals surface area (Å²) >= 11 is 0. The predicted molar refractivity (Wildman–Crippen MR) is 139 cm³/mol. The van der Waals surface area contributed by atoms with E-state index in [1.165, 1.54) is 28.0 Å². The number of hydrogen-bond acceptors (Lipinski definition) is 3. The van der Waals surface area contributed by atoms with Gasteiger partial charge in [0.2, 0.25) is 0 Å². The van der Waals surface area contributed by atoms with E-state index in [9.17, 15) is 8.42 Å². The lowest BCUT2D eigenvalue weighted by Crippen LogP contribution is -2.20. The maximum absolute atomic E-state index is 10.5. The summed E-state index contributed by atoms with van der Waals surface area (Å²) < 4.78 is 33.8. The van der Waals surface area contributed by atoms with E-state index in [2.05, 4.69) is 95.7 Å². The third kappa shape index (κ3) is 8.91. The van der Waals surface area contributed by atoms with E-state index < -0.39 is 18.0 Å². The Bertz CT molecular complexity index is 1070. The van der Waals surface area contributed by atoms with Crippen LogP contribution in [0.4, 0.5) is 0 Å². The van der Waals surface area contributed by atoms with Crippen LogP contribution in [0.5, 0.6) is 0 Å². The third-order valence-electron chi connectivity index (χ3n) is 4.36. The zero-order valence-corrected chi connectivity index (χ0v) is 20.7. The van der Waals surface area contributed by atoms with Gasteiger partial charge in [-0.3, -0.25) is 4.55 Å². The number of hydrogen-bond donors (Lipinski definition) is 1. The molecule has 0 heterocycles. The first-order valence-corrected chi connectivity index (χ1v) is 13.0. The molecule has 33 heavy (non-hydrogen) atoms. The minimum Gasteiger partial charge on any atom is -0.388 e. The summed E-state index contributed by atoms with van der Waals surface area (Å²) in [6, 6.07) is 38.3. The average molecular weight is 481 g/mol. The zero-order valence-electron chi connectivity index (χ0n) is 19.0. The highest BCUT2D eigenvalue weighted by Crippen LogP contribution is 2.32. The van der Waals surface area contributed by atoms with Crippen molar-refractivity contribution in [3.8, 4) is 0 Å². The Morgan fingerprint density at radius 1 is 0.606 bits per heavy atom. The van der Waals surface area contributed by atoms with Crippen LogP contribution < -0.4 is 15.9 Å². The summed E-state index contributed by atoms with van der Waals surface area (Å²) in [5.41, 5.74) is 0.956. The van der Waals surface area contributed by atoms with Gasteiger partial charge in [-0.25, -0.2) is 0 Å². The molecule has 0 amide bonds. The van der Waals surface area contributed by atoms with E-state index in [1.54, 1.807) is 26.4 Å². The van der Waals surface area contributed by atoms with Gasteiger partial charge >= 0.3 is 0 Å². The number of aryl methyl sites for hydroxylation is 1. The van der Waals surface area contributed by atoms with Crippen molar-refractivity contribution in [1.29, 1.82) is 0 Å². The zero-order chi connectivity index (χ0) is 24.1. The Morgan fingerprint density at radius 3 is 1.18 bits per heavy atom. The summed E-state index contributed by atoms with van der Waals surface area (Å²) in [6.45, 7) is 1.84. The topological polar surface area (TPSA) is 63.6 Å². The molecule has 0 aliphatic carbocycles. The molecule has 4 rings (SSSR count). The molecule has 0 spiro atoms. The Hall–Kier alpha value is -2.82. The van der Waals surface area contributed by atoms with Crippen molar-refractivity contribution in [2.24, 2.45) is 0 Å². The Kier molecular flexibility index (Phi) is 10.9. The Morgan fingerprint density at radius 2 is 0.909 bits per heavy atom. The third-order valence-corrected chi connectivity index (χ3v) is 7.67. The van der Waals surface area contributed by atoms with E-state index in [4.69, 9.17) is 4.55 Å². The van der Waals surface area contributed by atoms with E-state index in [0.29, 0.717) is 0 Å². The largest absolute Gasteiger partial charge is 0.388 e. The molecule has 0 aliphatic heterocycles. The molecule has 0 saturated carbocycles. The maximum Gasteiger partial charge on any atom is 0.294 e. The second-order valence-electron chi connectivity index (χ2n) is 7.04. The van der Waals surface area contributed by atoms with Crippen LogP contribution in [0.1, 0.15) is 5.56 Å². The van der Waals surface area contributed by atoms with Crippen LogP contribution in [0.15, 0.2) is 120 Å². The Balaban J connectivity index is 0.000000234. The summed E-state index contributed by atoms with van der Waals surface area (Å²) in [7, 11) is -1.22. The number of benzene rings is 4. The summed E-state index contributed by atoms with van der Waals surface area (Å²) in [5, 5.41) is 4.19. The molecule has 4 aromatic carbocycles. The van der Waals surface area contributed by atoms with Gasteiger partial charge in [0.25, 0.3) is 10.1 Å². The molecule has 0 aromatic heterocycles. The van der Waals surface area contributed by atoms with Crippen LogP contribution in [-0.4, -0.2) is 27.2 Å². The lowest BCUT2D eigenvalue weighted by Gasteiger charge is -2.18. The van der Waals surface area contributed by atoms with Crippen molar-refractivity contribution in [2.75, 3.05) is 14.2 Å². The molecule has 172 valence electrons. The highest BCUT2D eigenvalue weighted by Gasteiger charge is 2.15. The standard InChI is InChI=1S/C18H15P.C7H8O3S.C2H6O/c1-4-10-16(11-5-1)19(17-12-6-2-7-13-17)18-14-8-3-9-15-18;1-6-2-4-7(5-3-6)11(8,9)10;1-3-2/h1-15H;2-5H,1H3,(H,8,9,10);1-2H3. The molecule has 4 aromatic rings. The molecule has 0 fully saturated rings. The molecule has 6 heteroatoms. The van der Waals surface area contributed by atoms with Gasteiger partial charge in [0, 0.05) is 14.2 Å². The van der Waals surface area contributed by atoms with Crippen molar-refractivity contribution in [3.63, 3.8) is 0 Å². The monoisotopic (exact) mass is 480 g/mol. The fraction of sp³-hybridized carbons (Fsp3) is 0.111. The number of ether oxygens (including phenoxy) is 1. The minimum atomic E-state index is -4.02. The van der Waals surface area contributed by atoms with Crippen LogP contribution in [0, 0.1) is 6.92 Å². The SMILES string of the molecule is COC.Cc1ccc(S(=O)(=O)O)cc1.c1ccc(P(c2ccccc2)c2ccccc2)cc1. The van der Waals surface area contributed by atoms with Gasteiger partial charge in [0.05, 0.1) is 4.90 Å². The Labute approximate surface area is 198 Å². The molecule has 4 nitrogen and oxygen atoms in total. The van der Waals surface area contributed by atoms with E-state index in [-0.39, 0.29) is 4.90 Å². The highest BCUT2D eigenvalue weighted by atomic mass is 32.2. The average Bonchev–Trinajstić information content (AvgIpc) is 2.82. The quantitative estimate of drug-likeness (QED) is 0.332. The fourth-order valence-corrected chi connectivity index (χ4v) is 5.67. The van der Waals surface area contributed by atoms with Crippen LogP contribution in [0.25, 0.3) is 0 Å². The number of rotatable bonds is 4. The summed E-state index contributed by atoms with van der Waals surface area (Å²) in [4.78, 5) is -0.0666. The van der Waals surface area contributed by atoms with Crippen LogP contribution in [0.3, 0.4) is 0 Å². The van der Waals surface area contributed by atoms with E-state index in [0.717, 1.165) is 5.56 Å². The van der Waals surface area contributed by atoms with E-state index in [1.807, 2.05) is 6.92 Å². The van der Waals surface area contributed by atoms with Gasteiger partial charge in [-0.15, -0.1) is 0 Å². The first kappa shape index (κ1) is 26.4. The van der Waals surface area contributed by atoms with Crippen molar-refractivity contribution in [1.82, 2.24) is 0 Å². The molecule has 0 radical (unpaired) electrons. The van der Waals surface area contributed by atoms with Crippen LogP contribution in [0.2, 0.25) is 0 Å². The number of methoxy groups -OCH3 is 1. The van der Waals surface area contributed by atoms with Crippen molar-refractivity contribution in [2.45, 2.75) is 11.8 Å². The lowest BCUT2D eigenvalue weighted by molar-refractivity contribution is 0.277.